The monoisotopic (exact) mass is 261 g/mol. The van der Waals surface area contributed by atoms with Gasteiger partial charge in [0.1, 0.15) is 0 Å². The summed E-state index contributed by atoms with van der Waals surface area (Å²) in [6.07, 6.45) is 0. The standard InChI is InChI=1S/C14H19NO2Si/c1-18(2,3)9-10-8-15-14(17)12-7-5-4-6-11(12)13(10)16/h4-7,10H,8-9H2,1-3H3,(H,15,17). The number of amides is 1. The molecule has 1 aromatic rings. The van der Waals surface area contributed by atoms with Crippen molar-refractivity contribution in [1.29, 1.82) is 0 Å². The summed E-state index contributed by atoms with van der Waals surface area (Å²) in [5.41, 5.74) is 1.09. The predicted octanol–water partition coefficient (Wildman–Crippen LogP) is 2.57. The van der Waals surface area contributed by atoms with Gasteiger partial charge in [0.2, 0.25) is 0 Å². The number of benzene rings is 1. The Morgan fingerprint density at radius 2 is 1.78 bits per heavy atom. The highest BCUT2D eigenvalue weighted by Crippen LogP contribution is 2.24. The Balaban J connectivity index is 2.36. The maximum absolute atomic E-state index is 12.5. The van der Waals surface area contributed by atoms with Crippen molar-refractivity contribution in [2.45, 2.75) is 25.7 Å². The topological polar surface area (TPSA) is 46.2 Å². The van der Waals surface area contributed by atoms with E-state index in [0.29, 0.717) is 17.7 Å². The van der Waals surface area contributed by atoms with Crippen LogP contribution < -0.4 is 5.32 Å². The van der Waals surface area contributed by atoms with Gasteiger partial charge in [-0.2, -0.15) is 0 Å². The van der Waals surface area contributed by atoms with E-state index in [1.807, 2.05) is 6.07 Å². The second-order valence-corrected chi connectivity index (χ2v) is 11.6. The number of nitrogens with one attached hydrogen (secondary N) is 1. The van der Waals surface area contributed by atoms with E-state index in [1.54, 1.807) is 18.2 Å². The van der Waals surface area contributed by atoms with Crippen molar-refractivity contribution in [3.63, 3.8) is 0 Å². The summed E-state index contributed by atoms with van der Waals surface area (Å²) < 4.78 is 0. The van der Waals surface area contributed by atoms with E-state index in [9.17, 15) is 9.59 Å². The lowest BCUT2D eigenvalue weighted by atomic mass is 9.97. The van der Waals surface area contributed by atoms with Crippen molar-refractivity contribution in [3.8, 4) is 0 Å². The van der Waals surface area contributed by atoms with E-state index in [2.05, 4.69) is 25.0 Å². The van der Waals surface area contributed by atoms with Crippen LogP contribution in [0.1, 0.15) is 20.7 Å². The molecule has 1 aliphatic heterocycles. The van der Waals surface area contributed by atoms with Crippen LogP contribution in [-0.2, 0) is 0 Å². The molecular formula is C14H19NO2Si. The summed E-state index contributed by atoms with van der Waals surface area (Å²) in [6.45, 7) is 7.22. The lowest BCUT2D eigenvalue weighted by Gasteiger charge is -2.22. The first-order valence-electron chi connectivity index (χ1n) is 6.30. The van der Waals surface area contributed by atoms with Crippen LogP contribution in [0, 0.1) is 5.92 Å². The number of rotatable bonds is 2. The van der Waals surface area contributed by atoms with Gasteiger partial charge < -0.3 is 5.32 Å². The van der Waals surface area contributed by atoms with Crippen LogP contribution in [0.25, 0.3) is 0 Å². The Hall–Kier alpha value is -1.42. The maximum atomic E-state index is 12.5. The third kappa shape index (κ3) is 2.69. The molecule has 18 heavy (non-hydrogen) atoms. The van der Waals surface area contributed by atoms with Gasteiger partial charge in [0, 0.05) is 26.1 Å². The van der Waals surface area contributed by atoms with Crippen molar-refractivity contribution in [1.82, 2.24) is 5.32 Å². The van der Waals surface area contributed by atoms with Gasteiger partial charge in [-0.05, 0) is 12.1 Å². The van der Waals surface area contributed by atoms with E-state index < -0.39 is 8.07 Å². The summed E-state index contributed by atoms with van der Waals surface area (Å²) in [6, 6.07) is 8.02. The lowest BCUT2D eigenvalue weighted by molar-refractivity contribution is 0.0927. The summed E-state index contributed by atoms with van der Waals surface area (Å²) in [5, 5.41) is 2.87. The molecule has 1 aromatic carbocycles. The zero-order chi connectivity index (χ0) is 13.3. The average molecular weight is 261 g/mol. The van der Waals surface area contributed by atoms with E-state index >= 15 is 0 Å². The molecule has 3 nitrogen and oxygen atoms in total. The zero-order valence-electron chi connectivity index (χ0n) is 11.1. The number of fused-ring (bicyclic) bond motifs is 1. The minimum atomic E-state index is -1.32. The lowest BCUT2D eigenvalue weighted by Crippen LogP contribution is -2.34. The van der Waals surface area contributed by atoms with Gasteiger partial charge in [-0.25, -0.2) is 0 Å². The number of Topliss-reactive ketones (excluding diaryl/α,β-unsaturated/α-hetero) is 1. The molecular weight excluding hydrogens is 242 g/mol. The van der Waals surface area contributed by atoms with Gasteiger partial charge in [0.25, 0.3) is 5.91 Å². The largest absolute Gasteiger partial charge is 0.351 e. The van der Waals surface area contributed by atoms with E-state index in [-0.39, 0.29) is 17.6 Å². The van der Waals surface area contributed by atoms with Gasteiger partial charge in [0.05, 0.1) is 5.56 Å². The number of carbonyl (C=O) groups excluding carboxylic acids is 2. The molecule has 1 unspecified atom stereocenters. The molecule has 0 saturated carbocycles. The fraction of sp³-hybridized carbons (Fsp3) is 0.429. The molecule has 0 radical (unpaired) electrons. The van der Waals surface area contributed by atoms with Gasteiger partial charge in [0.15, 0.2) is 5.78 Å². The fourth-order valence-corrected chi connectivity index (χ4v) is 4.23. The SMILES string of the molecule is C[Si](C)(C)CC1CNC(=O)c2ccccc2C1=O. The molecule has 4 heteroatoms. The Labute approximate surface area is 109 Å². The van der Waals surface area contributed by atoms with Gasteiger partial charge in [-0.3, -0.25) is 9.59 Å². The zero-order valence-corrected chi connectivity index (χ0v) is 12.1. The Morgan fingerprint density at radius 1 is 1.17 bits per heavy atom. The van der Waals surface area contributed by atoms with E-state index in [0.717, 1.165) is 6.04 Å². The number of ketones is 1. The van der Waals surface area contributed by atoms with Crippen LogP contribution in [0.2, 0.25) is 25.7 Å². The first kappa shape index (κ1) is 13.0. The van der Waals surface area contributed by atoms with Crippen molar-refractivity contribution in [2.24, 2.45) is 5.92 Å². The smallest absolute Gasteiger partial charge is 0.252 e. The third-order valence-corrected chi connectivity index (χ3v) is 4.89. The average Bonchev–Trinajstić information content (AvgIpc) is 2.41. The number of hydrogen-bond acceptors (Lipinski definition) is 2. The van der Waals surface area contributed by atoms with Crippen molar-refractivity contribution in [2.75, 3.05) is 6.54 Å². The van der Waals surface area contributed by atoms with Gasteiger partial charge in [-0.15, -0.1) is 0 Å². The minimum Gasteiger partial charge on any atom is -0.351 e. The first-order valence-corrected chi connectivity index (χ1v) is 10.0. The van der Waals surface area contributed by atoms with Crippen LogP contribution in [0.15, 0.2) is 24.3 Å². The van der Waals surface area contributed by atoms with Gasteiger partial charge >= 0.3 is 0 Å². The second kappa shape index (κ2) is 4.69. The second-order valence-electron chi connectivity index (χ2n) is 6.08. The van der Waals surface area contributed by atoms with E-state index in [1.165, 1.54) is 0 Å². The number of carbonyl (C=O) groups is 2. The third-order valence-electron chi connectivity index (χ3n) is 3.18. The van der Waals surface area contributed by atoms with Gasteiger partial charge in [-0.1, -0.05) is 37.8 Å². The van der Waals surface area contributed by atoms with Crippen LogP contribution in [-0.4, -0.2) is 26.3 Å². The molecule has 96 valence electrons. The normalized spacial score (nSPS) is 20.1. The molecule has 1 heterocycles. The predicted molar refractivity (Wildman–Crippen MR) is 74.7 cm³/mol. The Bertz CT molecular complexity index is 491. The van der Waals surface area contributed by atoms with Crippen molar-refractivity contribution in [3.05, 3.63) is 35.4 Å². The highest BCUT2D eigenvalue weighted by molar-refractivity contribution is 6.76. The summed E-state index contributed by atoms with van der Waals surface area (Å²) >= 11 is 0. The van der Waals surface area contributed by atoms with Crippen LogP contribution in [0.3, 0.4) is 0 Å². The first-order chi connectivity index (χ1) is 8.38. The molecule has 1 amide bonds. The van der Waals surface area contributed by atoms with Crippen LogP contribution in [0.5, 0.6) is 0 Å². The summed E-state index contributed by atoms with van der Waals surface area (Å²) in [7, 11) is -1.32. The Kier molecular flexibility index (Phi) is 3.39. The molecule has 0 bridgehead atoms. The molecule has 0 spiro atoms. The highest BCUT2D eigenvalue weighted by Gasteiger charge is 2.31. The molecule has 1 atom stereocenters. The van der Waals surface area contributed by atoms with Crippen LogP contribution in [0.4, 0.5) is 0 Å². The highest BCUT2D eigenvalue weighted by atomic mass is 28.3. The number of hydrogen-bond donors (Lipinski definition) is 1. The molecule has 1 aliphatic rings. The molecule has 1 N–H and O–H groups in total. The summed E-state index contributed by atoms with van der Waals surface area (Å²) in [5.74, 6) is -0.0762. The molecule has 0 aromatic heterocycles. The molecule has 0 saturated heterocycles. The molecule has 0 fully saturated rings. The summed E-state index contributed by atoms with van der Waals surface area (Å²) in [4.78, 5) is 24.4. The minimum absolute atomic E-state index is 0.0655. The maximum Gasteiger partial charge on any atom is 0.252 e. The molecule has 2 rings (SSSR count). The van der Waals surface area contributed by atoms with Crippen molar-refractivity contribution < 1.29 is 9.59 Å². The van der Waals surface area contributed by atoms with E-state index in [4.69, 9.17) is 0 Å². The fourth-order valence-electron chi connectivity index (χ4n) is 2.42. The van der Waals surface area contributed by atoms with Crippen LogP contribution >= 0.6 is 0 Å². The van der Waals surface area contributed by atoms with Crippen molar-refractivity contribution >= 4 is 19.8 Å². The quantitative estimate of drug-likeness (QED) is 0.832. The Morgan fingerprint density at radius 3 is 2.39 bits per heavy atom. The molecule has 0 aliphatic carbocycles.